The Morgan fingerprint density at radius 2 is 1.90 bits per heavy atom. The Morgan fingerprint density at radius 1 is 1.23 bits per heavy atom. The van der Waals surface area contributed by atoms with Gasteiger partial charge in [-0.15, -0.1) is 11.3 Å². The highest BCUT2D eigenvalue weighted by atomic mass is 79.9. The molecule has 10 heteroatoms. The number of carbonyl (C=O) groups is 2. The van der Waals surface area contributed by atoms with Crippen LogP contribution >= 0.6 is 27.3 Å². The summed E-state index contributed by atoms with van der Waals surface area (Å²) in [4.78, 5) is 25.9. The van der Waals surface area contributed by atoms with Crippen molar-refractivity contribution >= 4 is 39.3 Å². The summed E-state index contributed by atoms with van der Waals surface area (Å²) in [5, 5.41) is 14.1. The van der Waals surface area contributed by atoms with Gasteiger partial charge in [0, 0.05) is 21.9 Å². The molecule has 2 aromatic rings. The minimum Gasteiger partial charge on any atom is -0.465 e. The van der Waals surface area contributed by atoms with Crippen LogP contribution in [-0.2, 0) is 12.6 Å². The monoisotopic (exact) mass is 506 g/mol. The number of hydrogen-bond donors (Lipinski definition) is 2. The smallest absolute Gasteiger partial charge is 0.416 e. The number of alkyl halides is 3. The van der Waals surface area contributed by atoms with Crippen molar-refractivity contribution in [1.29, 1.82) is 0 Å². The van der Waals surface area contributed by atoms with E-state index < -0.39 is 35.3 Å². The van der Waals surface area contributed by atoms with Crippen LogP contribution in [0.5, 0.6) is 0 Å². The van der Waals surface area contributed by atoms with Crippen LogP contribution in [0.2, 0.25) is 0 Å². The van der Waals surface area contributed by atoms with Gasteiger partial charge in [0.2, 0.25) is 0 Å². The summed E-state index contributed by atoms with van der Waals surface area (Å²) < 4.78 is 39.9. The summed E-state index contributed by atoms with van der Waals surface area (Å²) in [5.41, 5.74) is -1.20. The molecule has 0 radical (unpaired) electrons. The van der Waals surface area contributed by atoms with E-state index in [-0.39, 0.29) is 13.0 Å². The van der Waals surface area contributed by atoms with Crippen LogP contribution in [0.15, 0.2) is 40.2 Å². The molecule has 0 aliphatic carbocycles. The van der Waals surface area contributed by atoms with Crippen molar-refractivity contribution in [2.45, 2.75) is 44.9 Å². The van der Waals surface area contributed by atoms with E-state index in [9.17, 15) is 27.9 Å². The number of carbonyl (C=O) groups excluding carboxylic acids is 1. The largest absolute Gasteiger partial charge is 0.465 e. The molecule has 0 unspecified atom stereocenters. The molecule has 30 heavy (non-hydrogen) atoms. The third-order valence-electron chi connectivity index (χ3n) is 4.31. The minimum absolute atomic E-state index is 0.0437. The maximum atomic E-state index is 13.1. The molecule has 0 saturated heterocycles. The second kappa shape index (κ2) is 9.38. The summed E-state index contributed by atoms with van der Waals surface area (Å²) in [7, 11) is 0. The zero-order valence-electron chi connectivity index (χ0n) is 16.6. The molecule has 0 spiro atoms. The number of hydrogen-bond acceptors (Lipinski definition) is 3. The molecule has 0 saturated carbocycles. The number of thiophene rings is 1. The summed E-state index contributed by atoms with van der Waals surface area (Å²) in [6, 6.07) is 5.71. The summed E-state index contributed by atoms with van der Waals surface area (Å²) in [6.07, 6.45) is -5.62. The lowest BCUT2D eigenvalue weighted by molar-refractivity contribution is -0.137. The van der Waals surface area contributed by atoms with Gasteiger partial charge in [-0.2, -0.15) is 13.2 Å². The SMILES string of the molecule is CC(C)(C)N(C[C@H](Cc1cccc(C(F)(F)F)c1)NC(=O)c1cc(Br)cs1)C(=O)O. The minimum atomic E-state index is -4.49. The quantitative estimate of drug-likeness (QED) is 0.531. The zero-order chi connectivity index (χ0) is 22.7. The number of rotatable bonds is 6. The second-order valence-corrected chi connectivity index (χ2v) is 9.59. The van der Waals surface area contributed by atoms with E-state index in [1.165, 1.54) is 23.5 Å². The highest BCUT2D eigenvalue weighted by Gasteiger charge is 2.32. The van der Waals surface area contributed by atoms with Crippen molar-refractivity contribution in [1.82, 2.24) is 10.2 Å². The predicted molar refractivity (Wildman–Crippen MR) is 113 cm³/mol. The average Bonchev–Trinajstić information content (AvgIpc) is 3.04. The predicted octanol–water partition coefficient (Wildman–Crippen LogP) is 5.65. The van der Waals surface area contributed by atoms with Gasteiger partial charge in [0.1, 0.15) is 0 Å². The number of amides is 2. The first-order chi connectivity index (χ1) is 13.8. The van der Waals surface area contributed by atoms with Crippen LogP contribution in [0.25, 0.3) is 0 Å². The van der Waals surface area contributed by atoms with Gasteiger partial charge in [0.15, 0.2) is 0 Å². The van der Waals surface area contributed by atoms with E-state index in [4.69, 9.17) is 0 Å². The van der Waals surface area contributed by atoms with Gasteiger partial charge in [-0.3, -0.25) is 4.79 Å². The topological polar surface area (TPSA) is 69.6 Å². The average molecular weight is 507 g/mol. The lowest BCUT2D eigenvalue weighted by Crippen LogP contribution is -2.53. The molecular weight excluding hydrogens is 485 g/mol. The van der Waals surface area contributed by atoms with Gasteiger partial charge in [-0.05, 0) is 60.8 Å². The molecule has 1 heterocycles. The fourth-order valence-electron chi connectivity index (χ4n) is 2.87. The Kier molecular flexibility index (Phi) is 7.57. The molecule has 0 aliphatic heterocycles. The first-order valence-electron chi connectivity index (χ1n) is 8.99. The van der Waals surface area contributed by atoms with Crippen molar-refractivity contribution in [3.05, 3.63) is 56.2 Å². The fourth-order valence-corrected chi connectivity index (χ4v) is 4.20. The lowest BCUT2D eigenvalue weighted by Gasteiger charge is -2.36. The van der Waals surface area contributed by atoms with Gasteiger partial charge in [0.25, 0.3) is 5.91 Å². The Labute approximate surface area is 185 Å². The van der Waals surface area contributed by atoms with Gasteiger partial charge < -0.3 is 15.3 Å². The summed E-state index contributed by atoms with van der Waals surface area (Å²) in [6.45, 7) is 5.05. The van der Waals surface area contributed by atoms with Crippen LogP contribution in [-0.4, -0.2) is 40.1 Å². The summed E-state index contributed by atoms with van der Waals surface area (Å²) >= 11 is 4.48. The molecule has 164 valence electrons. The molecule has 2 N–H and O–H groups in total. The lowest BCUT2D eigenvalue weighted by atomic mass is 10.00. The maximum Gasteiger partial charge on any atom is 0.416 e. The van der Waals surface area contributed by atoms with Crippen LogP contribution in [0.3, 0.4) is 0 Å². The molecule has 1 atom stereocenters. The standard InChI is InChI=1S/C20H22BrF3N2O3S/c1-19(2,3)26(18(28)29)10-15(25-17(27)16-9-14(21)11-30-16)8-12-5-4-6-13(7-12)20(22,23)24/h4-7,9,11,15H,8,10H2,1-3H3,(H,25,27)(H,28,29)/t15-/m0/s1. The maximum absolute atomic E-state index is 13.1. The number of benzene rings is 1. The van der Waals surface area contributed by atoms with Crippen molar-refractivity contribution in [2.24, 2.45) is 0 Å². The molecule has 1 aromatic heterocycles. The normalized spacial score (nSPS) is 13.0. The number of halogens is 4. The molecule has 2 amide bonds. The molecule has 2 rings (SSSR count). The van der Waals surface area contributed by atoms with Crippen molar-refractivity contribution in [3.8, 4) is 0 Å². The first kappa shape index (κ1) is 24.2. The molecule has 5 nitrogen and oxygen atoms in total. The Bertz CT molecular complexity index is 909. The number of nitrogens with zero attached hydrogens (tertiary/aromatic N) is 1. The molecule has 0 bridgehead atoms. The third kappa shape index (κ3) is 6.73. The molecule has 1 aromatic carbocycles. The van der Waals surface area contributed by atoms with Crippen molar-refractivity contribution in [2.75, 3.05) is 6.54 Å². The third-order valence-corrected chi connectivity index (χ3v) is 6.00. The number of nitrogens with one attached hydrogen (secondary N) is 1. The molecular formula is C20H22BrF3N2O3S. The van der Waals surface area contributed by atoms with E-state index in [0.717, 1.165) is 21.5 Å². The van der Waals surface area contributed by atoms with E-state index >= 15 is 0 Å². The first-order valence-corrected chi connectivity index (χ1v) is 10.7. The van der Waals surface area contributed by atoms with Crippen molar-refractivity contribution in [3.63, 3.8) is 0 Å². The van der Waals surface area contributed by atoms with E-state index in [1.807, 2.05) is 0 Å². The summed E-state index contributed by atoms with van der Waals surface area (Å²) in [5.74, 6) is -0.415. The van der Waals surface area contributed by atoms with Crippen LogP contribution in [0.1, 0.15) is 41.6 Å². The fraction of sp³-hybridized carbons (Fsp3) is 0.400. The van der Waals surface area contributed by atoms with Gasteiger partial charge in [-0.1, -0.05) is 18.2 Å². The van der Waals surface area contributed by atoms with Crippen LogP contribution < -0.4 is 5.32 Å². The molecule has 0 fully saturated rings. The van der Waals surface area contributed by atoms with Gasteiger partial charge in [-0.25, -0.2) is 4.79 Å². The number of carboxylic acid groups (broad SMARTS) is 1. The highest BCUT2D eigenvalue weighted by Crippen LogP contribution is 2.30. The van der Waals surface area contributed by atoms with Crippen LogP contribution in [0, 0.1) is 0 Å². The van der Waals surface area contributed by atoms with E-state index in [1.54, 1.807) is 32.2 Å². The van der Waals surface area contributed by atoms with Crippen molar-refractivity contribution < 1.29 is 27.9 Å². The van der Waals surface area contributed by atoms with Crippen LogP contribution in [0.4, 0.5) is 18.0 Å². The Hall–Kier alpha value is -2.07. The van der Waals surface area contributed by atoms with Gasteiger partial charge >= 0.3 is 12.3 Å². The Morgan fingerprint density at radius 3 is 2.40 bits per heavy atom. The Balaban J connectivity index is 2.30. The zero-order valence-corrected chi connectivity index (χ0v) is 19.0. The highest BCUT2D eigenvalue weighted by molar-refractivity contribution is 9.10. The van der Waals surface area contributed by atoms with Gasteiger partial charge in [0.05, 0.1) is 16.5 Å². The van der Waals surface area contributed by atoms with E-state index in [2.05, 4.69) is 21.2 Å². The molecule has 0 aliphatic rings. The second-order valence-electron chi connectivity index (χ2n) is 7.77. The van der Waals surface area contributed by atoms with E-state index in [0.29, 0.717) is 10.4 Å².